The molecule has 2 rings (SSSR count). The lowest BCUT2D eigenvalue weighted by Crippen LogP contribution is -2.57. The van der Waals surface area contributed by atoms with Crippen molar-refractivity contribution in [2.24, 2.45) is 11.3 Å². The molecular formula is C13H24N6O2. The molecule has 1 aromatic rings. The minimum absolute atomic E-state index is 0.0160. The Morgan fingerprint density at radius 2 is 2.00 bits per heavy atom. The van der Waals surface area contributed by atoms with E-state index in [4.69, 9.17) is 15.3 Å². The first-order valence-electron chi connectivity index (χ1n) is 7.16. The number of aromatic nitrogens is 3. The monoisotopic (exact) mass is 296 g/mol. The molecule has 1 saturated carbocycles. The topological polar surface area (TPSA) is 107 Å². The summed E-state index contributed by atoms with van der Waals surface area (Å²) >= 11 is 0. The molecule has 0 bridgehead atoms. The van der Waals surface area contributed by atoms with Gasteiger partial charge in [-0.3, -0.25) is 5.43 Å². The first-order valence-corrected chi connectivity index (χ1v) is 7.16. The molecule has 0 radical (unpaired) electrons. The second kappa shape index (κ2) is 6.40. The summed E-state index contributed by atoms with van der Waals surface area (Å²) in [6.45, 7) is 6.87. The SMILES string of the molecule is CCCOc1nc(NN)nc(NC2CC(OC)C2(C)C)n1. The van der Waals surface area contributed by atoms with Crippen molar-refractivity contribution in [3.05, 3.63) is 0 Å². The fourth-order valence-electron chi connectivity index (χ4n) is 2.43. The molecule has 8 heteroatoms. The Hall–Kier alpha value is -1.67. The average Bonchev–Trinajstić information content (AvgIpc) is 2.48. The van der Waals surface area contributed by atoms with Crippen LogP contribution in [0.5, 0.6) is 6.01 Å². The van der Waals surface area contributed by atoms with Crippen LogP contribution in [0.1, 0.15) is 33.6 Å². The van der Waals surface area contributed by atoms with Crippen molar-refractivity contribution in [1.82, 2.24) is 15.0 Å². The zero-order valence-corrected chi connectivity index (χ0v) is 13.0. The van der Waals surface area contributed by atoms with Crippen molar-refractivity contribution in [3.63, 3.8) is 0 Å². The van der Waals surface area contributed by atoms with E-state index in [0.29, 0.717) is 12.6 Å². The highest BCUT2D eigenvalue weighted by Gasteiger charge is 2.48. The number of hydrogen-bond acceptors (Lipinski definition) is 8. The normalized spacial score (nSPS) is 23.3. The van der Waals surface area contributed by atoms with Crippen LogP contribution in [0.2, 0.25) is 0 Å². The molecule has 1 heterocycles. The fraction of sp³-hybridized carbons (Fsp3) is 0.769. The Balaban J connectivity index is 2.09. The molecule has 1 aromatic heterocycles. The summed E-state index contributed by atoms with van der Waals surface area (Å²) in [6, 6.07) is 0.497. The number of nitrogens with zero attached hydrogens (tertiary/aromatic N) is 3. The predicted molar refractivity (Wildman–Crippen MR) is 80.0 cm³/mol. The van der Waals surface area contributed by atoms with Gasteiger partial charge in [0.15, 0.2) is 0 Å². The average molecular weight is 296 g/mol. The summed E-state index contributed by atoms with van der Waals surface area (Å²) in [5.41, 5.74) is 2.44. The smallest absolute Gasteiger partial charge is 0.323 e. The molecule has 118 valence electrons. The van der Waals surface area contributed by atoms with E-state index in [1.807, 2.05) is 6.92 Å². The van der Waals surface area contributed by atoms with E-state index < -0.39 is 0 Å². The lowest BCUT2D eigenvalue weighted by molar-refractivity contribution is -0.0796. The molecule has 0 amide bonds. The number of hydrazine groups is 1. The van der Waals surface area contributed by atoms with Crippen molar-refractivity contribution in [3.8, 4) is 6.01 Å². The third-order valence-corrected chi connectivity index (χ3v) is 3.94. The zero-order chi connectivity index (χ0) is 15.5. The number of hydrogen-bond donors (Lipinski definition) is 3. The highest BCUT2D eigenvalue weighted by Crippen LogP contribution is 2.43. The molecule has 1 aliphatic rings. The Morgan fingerprint density at radius 1 is 1.29 bits per heavy atom. The van der Waals surface area contributed by atoms with Gasteiger partial charge in [0.1, 0.15) is 0 Å². The molecule has 0 spiro atoms. The molecule has 0 saturated heterocycles. The summed E-state index contributed by atoms with van der Waals surface area (Å²) in [5, 5.41) is 3.31. The van der Waals surface area contributed by atoms with Gasteiger partial charge in [-0.1, -0.05) is 20.8 Å². The number of rotatable bonds is 7. The second-order valence-corrected chi connectivity index (χ2v) is 5.74. The maximum atomic E-state index is 5.44. The van der Waals surface area contributed by atoms with Crippen LogP contribution in [-0.4, -0.2) is 40.8 Å². The van der Waals surface area contributed by atoms with Gasteiger partial charge in [0.25, 0.3) is 0 Å². The number of nitrogen functional groups attached to an aromatic ring is 1. The van der Waals surface area contributed by atoms with Crippen LogP contribution in [0.3, 0.4) is 0 Å². The Morgan fingerprint density at radius 3 is 2.57 bits per heavy atom. The van der Waals surface area contributed by atoms with Gasteiger partial charge in [-0.05, 0) is 12.8 Å². The Kier molecular flexibility index (Phi) is 4.79. The van der Waals surface area contributed by atoms with E-state index in [1.54, 1.807) is 7.11 Å². The standard InChI is InChI=1S/C13H24N6O2/c1-5-6-21-12-17-10(16-11(18-12)19-14)15-8-7-9(20-4)13(8,2)3/h8-9H,5-7,14H2,1-4H3,(H2,15,16,17,18,19). The largest absolute Gasteiger partial charge is 0.463 e. The Labute approximate surface area is 124 Å². The molecule has 1 aliphatic carbocycles. The molecule has 2 unspecified atom stereocenters. The molecule has 4 N–H and O–H groups in total. The van der Waals surface area contributed by atoms with E-state index in [-0.39, 0.29) is 29.5 Å². The second-order valence-electron chi connectivity index (χ2n) is 5.74. The van der Waals surface area contributed by atoms with Crippen molar-refractivity contribution < 1.29 is 9.47 Å². The molecule has 2 atom stereocenters. The molecule has 0 aromatic carbocycles. The number of nitrogens with two attached hydrogens (primary N) is 1. The van der Waals surface area contributed by atoms with Gasteiger partial charge in [-0.25, -0.2) is 5.84 Å². The Bertz CT molecular complexity index is 482. The van der Waals surface area contributed by atoms with Gasteiger partial charge in [-0.15, -0.1) is 0 Å². The fourth-order valence-corrected chi connectivity index (χ4v) is 2.43. The number of ether oxygens (including phenoxy) is 2. The minimum Gasteiger partial charge on any atom is -0.463 e. The lowest BCUT2D eigenvalue weighted by Gasteiger charge is -2.51. The molecule has 1 fully saturated rings. The molecule has 8 nitrogen and oxygen atoms in total. The predicted octanol–water partition coefficient (Wildman–Crippen LogP) is 1.17. The minimum atomic E-state index is 0.0160. The third kappa shape index (κ3) is 3.33. The van der Waals surface area contributed by atoms with E-state index in [1.165, 1.54) is 0 Å². The first-order chi connectivity index (χ1) is 10.0. The van der Waals surface area contributed by atoms with Gasteiger partial charge in [0, 0.05) is 18.6 Å². The van der Waals surface area contributed by atoms with Crippen LogP contribution in [0.15, 0.2) is 0 Å². The van der Waals surface area contributed by atoms with Gasteiger partial charge in [0.2, 0.25) is 11.9 Å². The van der Waals surface area contributed by atoms with Crippen molar-refractivity contribution in [2.45, 2.75) is 45.8 Å². The van der Waals surface area contributed by atoms with E-state index >= 15 is 0 Å². The quantitative estimate of drug-likeness (QED) is 0.508. The molecular weight excluding hydrogens is 272 g/mol. The van der Waals surface area contributed by atoms with Crippen molar-refractivity contribution in [2.75, 3.05) is 24.5 Å². The van der Waals surface area contributed by atoms with Crippen LogP contribution in [0.4, 0.5) is 11.9 Å². The van der Waals surface area contributed by atoms with Gasteiger partial charge in [0.05, 0.1) is 12.7 Å². The summed E-state index contributed by atoms with van der Waals surface area (Å²) in [7, 11) is 1.73. The van der Waals surface area contributed by atoms with Crippen LogP contribution in [0.25, 0.3) is 0 Å². The highest BCUT2D eigenvalue weighted by atomic mass is 16.5. The van der Waals surface area contributed by atoms with Gasteiger partial charge < -0.3 is 14.8 Å². The van der Waals surface area contributed by atoms with Crippen molar-refractivity contribution >= 4 is 11.9 Å². The van der Waals surface area contributed by atoms with Crippen LogP contribution < -0.4 is 21.3 Å². The van der Waals surface area contributed by atoms with E-state index in [9.17, 15) is 0 Å². The first kappa shape index (κ1) is 15.7. The van der Waals surface area contributed by atoms with E-state index in [2.05, 4.69) is 39.5 Å². The molecule has 21 heavy (non-hydrogen) atoms. The summed E-state index contributed by atoms with van der Waals surface area (Å²) in [6.07, 6.45) is 2.02. The van der Waals surface area contributed by atoms with Crippen molar-refractivity contribution in [1.29, 1.82) is 0 Å². The van der Waals surface area contributed by atoms with Crippen LogP contribution in [0, 0.1) is 5.41 Å². The van der Waals surface area contributed by atoms with Crippen LogP contribution >= 0.6 is 0 Å². The van der Waals surface area contributed by atoms with Crippen LogP contribution in [-0.2, 0) is 4.74 Å². The van der Waals surface area contributed by atoms with Gasteiger partial charge in [-0.2, -0.15) is 15.0 Å². The number of methoxy groups -OCH3 is 1. The summed E-state index contributed by atoms with van der Waals surface area (Å²) in [5.74, 6) is 6.12. The summed E-state index contributed by atoms with van der Waals surface area (Å²) < 4.78 is 10.9. The maximum absolute atomic E-state index is 5.44. The number of anilines is 2. The van der Waals surface area contributed by atoms with E-state index in [0.717, 1.165) is 12.8 Å². The lowest BCUT2D eigenvalue weighted by atomic mass is 9.64. The maximum Gasteiger partial charge on any atom is 0.323 e. The highest BCUT2D eigenvalue weighted by molar-refractivity contribution is 5.37. The third-order valence-electron chi connectivity index (χ3n) is 3.94. The zero-order valence-electron chi connectivity index (χ0n) is 13.0. The summed E-state index contributed by atoms with van der Waals surface area (Å²) in [4.78, 5) is 12.5. The molecule has 0 aliphatic heterocycles. The van der Waals surface area contributed by atoms with Gasteiger partial charge >= 0.3 is 6.01 Å². The number of nitrogens with one attached hydrogen (secondary N) is 2.